The minimum atomic E-state index is -0.680. The number of carbonyl (C=O) groups excluding carboxylic acids is 4. The van der Waals surface area contributed by atoms with Crippen molar-refractivity contribution >= 4 is 40.6 Å². The smallest absolute Gasteiger partial charge is 0.259 e. The molecule has 6 rings (SSSR count). The molecule has 188 valence electrons. The minimum absolute atomic E-state index is 0.189. The zero-order valence-electron chi connectivity index (χ0n) is 20.5. The Morgan fingerprint density at radius 1 is 0.892 bits per heavy atom. The van der Waals surface area contributed by atoms with Crippen LogP contribution in [0.3, 0.4) is 0 Å². The Morgan fingerprint density at radius 2 is 1.65 bits per heavy atom. The van der Waals surface area contributed by atoms with Crippen LogP contribution in [0.1, 0.15) is 39.9 Å². The summed E-state index contributed by atoms with van der Waals surface area (Å²) in [5.74, 6) is -0.900. The third kappa shape index (κ3) is 4.27. The third-order valence-corrected chi connectivity index (χ3v) is 7.72. The molecule has 0 radical (unpaired) electrons. The zero-order valence-corrected chi connectivity index (χ0v) is 20.5. The summed E-state index contributed by atoms with van der Waals surface area (Å²) in [4.78, 5) is 54.2. The number of carbonyl (C=O) groups is 4. The third-order valence-electron chi connectivity index (χ3n) is 7.72. The number of hydrogen-bond acceptors (Lipinski definition) is 5. The molecule has 0 aliphatic carbocycles. The van der Waals surface area contributed by atoms with Crippen LogP contribution >= 0.6 is 0 Å². The highest BCUT2D eigenvalue weighted by Crippen LogP contribution is 2.41. The summed E-state index contributed by atoms with van der Waals surface area (Å²) in [6.07, 6.45) is 2.20. The number of piperidine rings is 1. The summed E-state index contributed by atoms with van der Waals surface area (Å²) in [5.41, 5.74) is 4.88. The molecule has 1 N–H and O–H groups in total. The molecule has 4 amide bonds. The Morgan fingerprint density at radius 3 is 2.38 bits per heavy atom. The highest BCUT2D eigenvalue weighted by Gasteiger charge is 2.40. The average molecular weight is 497 g/mol. The largest absolute Gasteiger partial charge is 0.343 e. The fourth-order valence-electron chi connectivity index (χ4n) is 5.73. The number of nitrogens with one attached hydrogen (secondary N) is 1. The molecule has 8 nitrogen and oxygen atoms in total. The second kappa shape index (κ2) is 9.44. The van der Waals surface area contributed by atoms with Gasteiger partial charge in [0.25, 0.3) is 5.91 Å². The molecular formula is C29H28N4O4. The zero-order chi connectivity index (χ0) is 25.5. The Hall–Kier alpha value is -4.04. The van der Waals surface area contributed by atoms with Crippen molar-refractivity contribution in [2.24, 2.45) is 0 Å². The molecule has 2 saturated heterocycles. The van der Waals surface area contributed by atoms with E-state index in [1.54, 1.807) is 4.90 Å². The van der Waals surface area contributed by atoms with Crippen molar-refractivity contribution in [3.8, 4) is 0 Å². The number of nitrogens with zero attached hydrogens (tertiary/aromatic N) is 3. The van der Waals surface area contributed by atoms with Gasteiger partial charge in [0.05, 0.1) is 5.69 Å². The second-order valence-electron chi connectivity index (χ2n) is 10.0. The highest BCUT2D eigenvalue weighted by atomic mass is 16.2. The van der Waals surface area contributed by atoms with Gasteiger partial charge in [-0.15, -0.1) is 0 Å². The number of benzene rings is 3. The molecule has 0 bridgehead atoms. The first kappa shape index (κ1) is 23.4. The van der Waals surface area contributed by atoms with Crippen molar-refractivity contribution < 1.29 is 19.2 Å². The van der Waals surface area contributed by atoms with Crippen LogP contribution in [-0.4, -0.2) is 66.2 Å². The molecule has 3 aromatic carbocycles. The molecule has 3 aromatic rings. The molecule has 8 heteroatoms. The number of imide groups is 1. The quantitative estimate of drug-likeness (QED) is 0.418. The van der Waals surface area contributed by atoms with Crippen LogP contribution in [0.5, 0.6) is 0 Å². The van der Waals surface area contributed by atoms with E-state index in [2.05, 4.69) is 34.5 Å². The summed E-state index contributed by atoms with van der Waals surface area (Å²) >= 11 is 0. The monoisotopic (exact) mass is 496 g/mol. The first-order valence-corrected chi connectivity index (χ1v) is 12.7. The molecule has 37 heavy (non-hydrogen) atoms. The molecule has 2 fully saturated rings. The van der Waals surface area contributed by atoms with Gasteiger partial charge in [-0.05, 0) is 47.1 Å². The predicted octanol–water partition coefficient (Wildman–Crippen LogP) is 2.47. The van der Waals surface area contributed by atoms with Gasteiger partial charge in [0.1, 0.15) is 6.04 Å². The van der Waals surface area contributed by atoms with Gasteiger partial charge >= 0.3 is 0 Å². The van der Waals surface area contributed by atoms with E-state index < -0.39 is 11.9 Å². The van der Waals surface area contributed by atoms with Crippen molar-refractivity contribution in [3.63, 3.8) is 0 Å². The second-order valence-corrected chi connectivity index (χ2v) is 10.0. The first-order chi connectivity index (χ1) is 18.0. The maximum absolute atomic E-state index is 13.3. The Balaban J connectivity index is 1.22. The van der Waals surface area contributed by atoms with E-state index >= 15 is 0 Å². The number of rotatable bonds is 6. The fourth-order valence-corrected chi connectivity index (χ4v) is 5.73. The van der Waals surface area contributed by atoms with Gasteiger partial charge in [-0.1, -0.05) is 42.5 Å². The predicted molar refractivity (Wildman–Crippen MR) is 139 cm³/mol. The van der Waals surface area contributed by atoms with Crippen molar-refractivity contribution in [1.82, 2.24) is 15.1 Å². The summed E-state index contributed by atoms with van der Waals surface area (Å²) in [6, 6.07) is 17.7. The van der Waals surface area contributed by atoms with E-state index in [9.17, 15) is 19.2 Å². The molecule has 0 spiro atoms. The molecule has 1 atom stereocenters. The molecule has 3 aliphatic rings. The number of amides is 4. The van der Waals surface area contributed by atoms with Crippen molar-refractivity contribution in [2.75, 3.05) is 31.1 Å². The number of anilines is 1. The summed E-state index contributed by atoms with van der Waals surface area (Å²) < 4.78 is 0. The maximum atomic E-state index is 13.3. The van der Waals surface area contributed by atoms with Gasteiger partial charge < -0.3 is 4.90 Å². The average Bonchev–Trinajstić information content (AvgIpc) is 3.20. The Bertz CT molecular complexity index is 1410. The molecule has 0 aromatic heterocycles. The van der Waals surface area contributed by atoms with Gasteiger partial charge in [0.15, 0.2) is 0 Å². The van der Waals surface area contributed by atoms with E-state index in [-0.39, 0.29) is 18.2 Å². The van der Waals surface area contributed by atoms with Crippen LogP contribution < -0.4 is 10.2 Å². The minimum Gasteiger partial charge on any atom is -0.343 e. The fraction of sp³-hybridized carbons (Fsp3) is 0.310. The lowest BCUT2D eigenvalue weighted by atomic mass is 9.95. The standard InChI is InChI=1S/C29H28N4O4/c34-18-32-14-12-31(13-15-32)17-20-6-4-19(5-7-20)16-21-8-9-24-27-22(21)2-1-3-23(27)29(37)33(24)25-10-11-26(35)30-28(25)36/h1-9,18,25H,10-17H2,(H,30,35,36). The number of hydrogen-bond donors (Lipinski definition) is 1. The van der Waals surface area contributed by atoms with Gasteiger partial charge in [0, 0.05) is 50.1 Å². The van der Waals surface area contributed by atoms with E-state index in [4.69, 9.17) is 0 Å². The van der Waals surface area contributed by atoms with E-state index in [0.29, 0.717) is 12.0 Å². The van der Waals surface area contributed by atoms with Crippen molar-refractivity contribution in [1.29, 1.82) is 0 Å². The lowest BCUT2D eigenvalue weighted by Gasteiger charge is -2.32. The molecule has 3 aliphatic heterocycles. The SMILES string of the molecule is O=CN1CCN(Cc2ccc(Cc3ccc4c5c(cccc35)C(=O)N4C3CCC(=O)NC3=O)cc2)CC1. The molecular weight excluding hydrogens is 468 g/mol. The lowest BCUT2D eigenvalue weighted by molar-refractivity contribution is -0.134. The van der Waals surface area contributed by atoms with Crippen LogP contribution in [0.15, 0.2) is 54.6 Å². The van der Waals surface area contributed by atoms with Gasteiger partial charge in [0.2, 0.25) is 18.2 Å². The van der Waals surface area contributed by atoms with Crippen molar-refractivity contribution in [3.05, 3.63) is 76.9 Å². The molecule has 3 heterocycles. The van der Waals surface area contributed by atoms with E-state index in [1.165, 1.54) is 11.1 Å². The van der Waals surface area contributed by atoms with E-state index in [0.717, 1.165) is 67.6 Å². The van der Waals surface area contributed by atoms with Crippen LogP contribution in [0.2, 0.25) is 0 Å². The highest BCUT2D eigenvalue weighted by molar-refractivity contribution is 6.27. The number of piperazine rings is 1. The van der Waals surface area contributed by atoms with Gasteiger partial charge in [-0.2, -0.15) is 0 Å². The van der Waals surface area contributed by atoms with Gasteiger partial charge in [-0.25, -0.2) is 0 Å². The topological polar surface area (TPSA) is 90.0 Å². The summed E-state index contributed by atoms with van der Waals surface area (Å²) in [5, 5.41) is 4.26. The van der Waals surface area contributed by atoms with Crippen LogP contribution in [0, 0.1) is 0 Å². The van der Waals surface area contributed by atoms with Crippen molar-refractivity contribution in [2.45, 2.75) is 31.8 Å². The maximum Gasteiger partial charge on any atom is 0.259 e. The Labute approximate surface area is 214 Å². The van der Waals surface area contributed by atoms with Crippen LogP contribution in [0.25, 0.3) is 10.8 Å². The molecule has 1 unspecified atom stereocenters. The van der Waals surface area contributed by atoms with E-state index in [1.807, 2.05) is 35.2 Å². The normalized spacial score (nSPS) is 20.0. The molecule has 0 saturated carbocycles. The lowest BCUT2D eigenvalue weighted by Crippen LogP contribution is -2.53. The van der Waals surface area contributed by atoms with Crippen LogP contribution in [-0.2, 0) is 27.3 Å². The summed E-state index contributed by atoms with van der Waals surface area (Å²) in [7, 11) is 0. The Kier molecular flexibility index (Phi) is 5.96. The first-order valence-electron chi connectivity index (χ1n) is 12.7. The van der Waals surface area contributed by atoms with Gasteiger partial charge in [-0.3, -0.25) is 34.3 Å². The summed E-state index contributed by atoms with van der Waals surface area (Å²) in [6.45, 7) is 4.18. The van der Waals surface area contributed by atoms with Crippen LogP contribution in [0.4, 0.5) is 5.69 Å².